The summed E-state index contributed by atoms with van der Waals surface area (Å²) in [4.78, 5) is 23.6. The summed E-state index contributed by atoms with van der Waals surface area (Å²) >= 11 is 0. The second-order valence-corrected chi connectivity index (χ2v) is 5.49. The average Bonchev–Trinajstić information content (AvgIpc) is 2.59. The Balaban J connectivity index is 2.68. The molecule has 0 aromatic heterocycles. The molecule has 0 aromatic rings. The van der Waals surface area contributed by atoms with Crippen LogP contribution < -0.4 is 0 Å². The molecule has 0 heterocycles. The topological polar surface area (TPSA) is 43.4 Å². The van der Waals surface area contributed by atoms with Crippen molar-refractivity contribution in [1.82, 2.24) is 0 Å². The van der Waals surface area contributed by atoms with Crippen molar-refractivity contribution in [3.05, 3.63) is 0 Å². The third kappa shape index (κ3) is 3.56. The highest BCUT2D eigenvalue weighted by molar-refractivity contribution is 5.85. The third-order valence-corrected chi connectivity index (χ3v) is 4.35. The molecule has 0 bridgehead atoms. The first-order valence-corrected chi connectivity index (χ1v) is 7.24. The summed E-state index contributed by atoms with van der Waals surface area (Å²) in [5.41, 5.74) is -0.126. The van der Waals surface area contributed by atoms with Crippen LogP contribution in [0.3, 0.4) is 0 Å². The molecule has 3 heteroatoms. The van der Waals surface area contributed by atoms with Crippen LogP contribution in [0.1, 0.15) is 65.7 Å². The summed E-state index contributed by atoms with van der Waals surface area (Å²) < 4.78 is 5.07. The number of ether oxygens (including phenoxy) is 1. The lowest BCUT2D eigenvalue weighted by atomic mass is 9.72. The predicted molar refractivity (Wildman–Crippen MR) is 71.2 cm³/mol. The largest absolute Gasteiger partial charge is 0.466 e. The van der Waals surface area contributed by atoms with Crippen molar-refractivity contribution in [2.75, 3.05) is 6.61 Å². The fourth-order valence-corrected chi connectivity index (χ4v) is 3.04. The zero-order valence-electron chi connectivity index (χ0n) is 12.0. The molecule has 1 rings (SSSR count). The molecule has 0 unspecified atom stereocenters. The van der Waals surface area contributed by atoms with Gasteiger partial charge in [0.2, 0.25) is 0 Å². The van der Waals surface area contributed by atoms with E-state index >= 15 is 0 Å². The SMILES string of the molecule is CCCCC[C@]1(CC(=O)OCC)CCC(=O)[C@H]1C. The van der Waals surface area contributed by atoms with Crippen molar-refractivity contribution >= 4 is 11.8 Å². The van der Waals surface area contributed by atoms with Gasteiger partial charge in [0.25, 0.3) is 0 Å². The summed E-state index contributed by atoms with van der Waals surface area (Å²) in [6.45, 7) is 6.40. The Morgan fingerprint density at radius 2 is 2.11 bits per heavy atom. The second kappa shape index (κ2) is 6.91. The van der Waals surface area contributed by atoms with E-state index in [1.54, 1.807) is 0 Å². The second-order valence-electron chi connectivity index (χ2n) is 5.49. The fourth-order valence-electron chi connectivity index (χ4n) is 3.04. The van der Waals surface area contributed by atoms with Gasteiger partial charge in [0.1, 0.15) is 5.78 Å². The van der Waals surface area contributed by atoms with Gasteiger partial charge in [0, 0.05) is 12.3 Å². The molecule has 0 N–H and O–H groups in total. The van der Waals surface area contributed by atoms with Crippen molar-refractivity contribution in [3.8, 4) is 0 Å². The van der Waals surface area contributed by atoms with Crippen LogP contribution in [-0.4, -0.2) is 18.4 Å². The van der Waals surface area contributed by atoms with Gasteiger partial charge in [-0.1, -0.05) is 33.1 Å². The number of hydrogen-bond donors (Lipinski definition) is 0. The molecule has 0 aromatic carbocycles. The van der Waals surface area contributed by atoms with Crippen LogP contribution in [-0.2, 0) is 14.3 Å². The minimum absolute atomic E-state index is 0.0127. The standard InChI is InChI=1S/C15H26O3/c1-4-6-7-9-15(11-14(17)18-5-2)10-8-13(16)12(15)3/h12H,4-11H2,1-3H3/t12-,15-/m1/s1. The number of unbranched alkanes of at least 4 members (excludes halogenated alkanes) is 2. The van der Waals surface area contributed by atoms with E-state index in [2.05, 4.69) is 6.92 Å². The quantitative estimate of drug-likeness (QED) is 0.516. The van der Waals surface area contributed by atoms with Crippen LogP contribution in [0.15, 0.2) is 0 Å². The molecule has 0 radical (unpaired) electrons. The molecule has 1 fully saturated rings. The van der Waals surface area contributed by atoms with E-state index in [1.807, 2.05) is 13.8 Å². The molecule has 0 amide bonds. The highest BCUT2D eigenvalue weighted by Crippen LogP contribution is 2.47. The minimum atomic E-state index is -0.143. The third-order valence-electron chi connectivity index (χ3n) is 4.35. The van der Waals surface area contributed by atoms with E-state index in [-0.39, 0.29) is 17.3 Å². The number of Topliss-reactive ketones (excluding diaryl/α,β-unsaturated/α-hetero) is 1. The first-order chi connectivity index (χ1) is 8.55. The summed E-state index contributed by atoms with van der Waals surface area (Å²) in [5.74, 6) is 0.185. The zero-order valence-corrected chi connectivity index (χ0v) is 12.0. The van der Waals surface area contributed by atoms with Gasteiger partial charge >= 0.3 is 5.97 Å². The molecule has 0 saturated heterocycles. The van der Waals surface area contributed by atoms with Crippen molar-refractivity contribution < 1.29 is 14.3 Å². The lowest BCUT2D eigenvalue weighted by molar-refractivity contribution is -0.147. The normalized spacial score (nSPS) is 27.5. The molecule has 104 valence electrons. The fraction of sp³-hybridized carbons (Fsp3) is 0.867. The number of ketones is 1. The smallest absolute Gasteiger partial charge is 0.306 e. The first kappa shape index (κ1) is 15.2. The van der Waals surface area contributed by atoms with Gasteiger partial charge < -0.3 is 4.74 Å². The van der Waals surface area contributed by atoms with E-state index in [1.165, 1.54) is 6.42 Å². The predicted octanol–water partition coefficient (Wildman–Crippen LogP) is 3.51. The average molecular weight is 254 g/mol. The van der Waals surface area contributed by atoms with Crippen LogP contribution in [0.5, 0.6) is 0 Å². The van der Waals surface area contributed by atoms with E-state index in [4.69, 9.17) is 4.74 Å². The molecular formula is C15H26O3. The molecule has 0 aliphatic heterocycles. The number of esters is 1. The van der Waals surface area contributed by atoms with Crippen LogP contribution >= 0.6 is 0 Å². The molecule has 1 aliphatic carbocycles. The summed E-state index contributed by atoms with van der Waals surface area (Å²) in [7, 11) is 0. The zero-order chi connectivity index (χ0) is 13.6. The lowest BCUT2D eigenvalue weighted by Gasteiger charge is -2.32. The Kier molecular flexibility index (Phi) is 5.83. The number of rotatable bonds is 7. The van der Waals surface area contributed by atoms with E-state index in [9.17, 15) is 9.59 Å². The van der Waals surface area contributed by atoms with E-state index in [0.717, 1.165) is 25.7 Å². The van der Waals surface area contributed by atoms with Crippen LogP contribution in [0.2, 0.25) is 0 Å². The molecule has 0 spiro atoms. The summed E-state index contributed by atoms with van der Waals surface area (Å²) in [6, 6.07) is 0. The molecule has 18 heavy (non-hydrogen) atoms. The van der Waals surface area contributed by atoms with Crippen molar-refractivity contribution in [3.63, 3.8) is 0 Å². The van der Waals surface area contributed by atoms with Gasteiger partial charge in [-0.25, -0.2) is 0 Å². The number of hydrogen-bond acceptors (Lipinski definition) is 3. The Bertz CT molecular complexity index is 298. The first-order valence-electron chi connectivity index (χ1n) is 7.24. The van der Waals surface area contributed by atoms with Crippen molar-refractivity contribution in [2.45, 2.75) is 65.7 Å². The Morgan fingerprint density at radius 1 is 1.39 bits per heavy atom. The van der Waals surface area contributed by atoms with Crippen molar-refractivity contribution in [2.24, 2.45) is 11.3 Å². The number of carbonyl (C=O) groups is 2. The number of carbonyl (C=O) groups excluding carboxylic acids is 2. The van der Waals surface area contributed by atoms with Crippen molar-refractivity contribution in [1.29, 1.82) is 0 Å². The Labute approximate surface area is 110 Å². The lowest BCUT2D eigenvalue weighted by Crippen LogP contribution is -2.30. The molecule has 1 saturated carbocycles. The summed E-state index contributed by atoms with van der Waals surface area (Å²) in [5, 5.41) is 0. The monoisotopic (exact) mass is 254 g/mol. The van der Waals surface area contributed by atoms with Gasteiger partial charge in [0.05, 0.1) is 13.0 Å². The molecule has 1 aliphatic rings. The van der Waals surface area contributed by atoms with E-state index < -0.39 is 0 Å². The van der Waals surface area contributed by atoms with Gasteiger partial charge in [-0.05, 0) is 25.2 Å². The highest BCUT2D eigenvalue weighted by Gasteiger charge is 2.46. The maximum absolute atomic E-state index is 11.8. The minimum Gasteiger partial charge on any atom is -0.466 e. The maximum atomic E-state index is 11.8. The highest BCUT2D eigenvalue weighted by atomic mass is 16.5. The van der Waals surface area contributed by atoms with Gasteiger partial charge in [-0.3, -0.25) is 9.59 Å². The van der Waals surface area contributed by atoms with Gasteiger partial charge in [-0.2, -0.15) is 0 Å². The van der Waals surface area contributed by atoms with Crippen LogP contribution in [0.25, 0.3) is 0 Å². The van der Waals surface area contributed by atoms with Crippen LogP contribution in [0.4, 0.5) is 0 Å². The summed E-state index contributed by atoms with van der Waals surface area (Å²) in [6.07, 6.45) is 6.32. The maximum Gasteiger partial charge on any atom is 0.306 e. The Morgan fingerprint density at radius 3 is 2.61 bits per heavy atom. The Hall–Kier alpha value is -0.860. The molecular weight excluding hydrogens is 228 g/mol. The molecule has 2 atom stereocenters. The molecule has 3 nitrogen and oxygen atoms in total. The van der Waals surface area contributed by atoms with Gasteiger partial charge in [0.15, 0.2) is 0 Å². The van der Waals surface area contributed by atoms with Crippen LogP contribution in [0, 0.1) is 11.3 Å². The van der Waals surface area contributed by atoms with E-state index in [0.29, 0.717) is 25.2 Å². The van der Waals surface area contributed by atoms with Gasteiger partial charge in [-0.15, -0.1) is 0 Å².